The Morgan fingerprint density at radius 3 is 1.72 bits per heavy atom. The van der Waals surface area contributed by atoms with E-state index in [-0.39, 0.29) is 44.5 Å². The summed E-state index contributed by atoms with van der Waals surface area (Å²) >= 11 is 0. The Morgan fingerprint density at radius 2 is 1.38 bits per heavy atom. The van der Waals surface area contributed by atoms with Crippen LogP contribution in [0.25, 0.3) is 0 Å². The summed E-state index contributed by atoms with van der Waals surface area (Å²) in [5.74, 6) is -0.110. The molecule has 0 aliphatic carbocycles. The van der Waals surface area contributed by atoms with Crippen molar-refractivity contribution >= 4 is 10.1 Å². The van der Waals surface area contributed by atoms with Crippen LogP contribution in [0, 0.1) is 29.1 Å². The fourth-order valence-electron chi connectivity index (χ4n) is 6.28. The monoisotopic (exact) mass is 472 g/mol. The molecule has 0 saturated heterocycles. The molecule has 1 atom stereocenters. The zero-order valence-corrected chi connectivity index (χ0v) is 22.8. The van der Waals surface area contributed by atoms with Crippen LogP contribution < -0.4 is 9.47 Å². The van der Waals surface area contributed by atoms with Gasteiger partial charge in [0.05, 0.1) is 14.2 Å². The summed E-state index contributed by atoms with van der Waals surface area (Å²) < 4.78 is 46.9. The van der Waals surface area contributed by atoms with Crippen molar-refractivity contribution in [3.8, 4) is 17.2 Å². The van der Waals surface area contributed by atoms with Gasteiger partial charge < -0.3 is 14.6 Å². The summed E-state index contributed by atoms with van der Waals surface area (Å²) in [6.07, 6.45) is 1.62. The molecular formula is C25H44O6S. The van der Waals surface area contributed by atoms with Gasteiger partial charge in [0.15, 0.2) is 11.5 Å². The van der Waals surface area contributed by atoms with Crippen LogP contribution >= 0.6 is 0 Å². The largest absolute Gasteiger partial charge is 0.504 e. The standard InChI is InChI=1S/C25H44O6S/c1-15(2)13-24(7,8)22(25(9,10)14-23(4,5)6)17-19(30-11)20(31-12)18(26)16(3)21(17)32(27,28)29/h15,22,26H,13-14H2,1-12H3,(H,27,28,29). The van der Waals surface area contributed by atoms with Gasteiger partial charge in [0.25, 0.3) is 10.1 Å². The van der Waals surface area contributed by atoms with E-state index in [0.29, 0.717) is 11.5 Å². The molecule has 0 spiro atoms. The van der Waals surface area contributed by atoms with E-state index in [2.05, 4.69) is 62.3 Å². The second-order valence-corrected chi connectivity index (χ2v) is 13.4. The van der Waals surface area contributed by atoms with E-state index in [1.54, 1.807) is 0 Å². The van der Waals surface area contributed by atoms with Gasteiger partial charge in [0, 0.05) is 11.1 Å². The highest BCUT2D eigenvalue weighted by atomic mass is 32.2. The SMILES string of the molecule is COc1c(O)c(C)c(S(=O)(=O)O)c(C(C(C)(C)CC(C)C)C(C)(C)CC(C)(C)C)c1OC. The second kappa shape index (κ2) is 9.41. The Labute approximate surface area is 195 Å². The van der Waals surface area contributed by atoms with E-state index in [1.165, 1.54) is 21.1 Å². The van der Waals surface area contributed by atoms with E-state index in [9.17, 15) is 18.1 Å². The molecule has 1 aromatic rings. The molecular weight excluding hydrogens is 428 g/mol. The first-order valence-corrected chi connectivity index (χ1v) is 12.6. The molecule has 2 N–H and O–H groups in total. The van der Waals surface area contributed by atoms with Crippen LogP contribution in [0.5, 0.6) is 17.2 Å². The van der Waals surface area contributed by atoms with Crippen LogP contribution in [0.4, 0.5) is 0 Å². The maximum Gasteiger partial charge on any atom is 0.295 e. The van der Waals surface area contributed by atoms with Crippen LogP contribution in [-0.4, -0.2) is 32.3 Å². The third-order valence-electron chi connectivity index (χ3n) is 6.04. The molecule has 0 aromatic heterocycles. The fourth-order valence-corrected chi connectivity index (χ4v) is 7.25. The summed E-state index contributed by atoms with van der Waals surface area (Å²) in [5.41, 5.74) is -0.377. The van der Waals surface area contributed by atoms with Gasteiger partial charge in [-0.1, -0.05) is 62.3 Å². The molecule has 1 aromatic carbocycles. The van der Waals surface area contributed by atoms with Crippen molar-refractivity contribution in [3.63, 3.8) is 0 Å². The van der Waals surface area contributed by atoms with Gasteiger partial charge >= 0.3 is 0 Å². The van der Waals surface area contributed by atoms with E-state index in [1.807, 2.05) is 0 Å². The smallest absolute Gasteiger partial charge is 0.295 e. The van der Waals surface area contributed by atoms with E-state index in [4.69, 9.17) is 9.47 Å². The van der Waals surface area contributed by atoms with Crippen LogP contribution in [0.3, 0.4) is 0 Å². The van der Waals surface area contributed by atoms with Crippen molar-refractivity contribution in [3.05, 3.63) is 11.1 Å². The van der Waals surface area contributed by atoms with Gasteiger partial charge in [-0.2, -0.15) is 8.42 Å². The number of phenols is 1. The van der Waals surface area contributed by atoms with Crippen molar-refractivity contribution in [2.24, 2.45) is 22.2 Å². The van der Waals surface area contributed by atoms with Crippen LogP contribution in [0.2, 0.25) is 0 Å². The third kappa shape index (κ3) is 6.10. The van der Waals surface area contributed by atoms with Crippen LogP contribution in [0.1, 0.15) is 92.2 Å². The average molecular weight is 473 g/mol. The first-order valence-electron chi connectivity index (χ1n) is 11.2. The molecule has 186 valence electrons. The molecule has 6 nitrogen and oxygen atoms in total. The molecule has 1 unspecified atom stereocenters. The molecule has 0 fully saturated rings. The van der Waals surface area contributed by atoms with Gasteiger partial charge in [0.2, 0.25) is 5.75 Å². The van der Waals surface area contributed by atoms with E-state index < -0.39 is 15.5 Å². The highest BCUT2D eigenvalue weighted by molar-refractivity contribution is 7.86. The van der Waals surface area contributed by atoms with Gasteiger partial charge in [-0.15, -0.1) is 0 Å². The zero-order chi connectivity index (χ0) is 25.4. The minimum atomic E-state index is -4.68. The second-order valence-electron chi connectivity index (χ2n) is 12.0. The van der Waals surface area contributed by atoms with E-state index >= 15 is 0 Å². The lowest BCUT2D eigenvalue weighted by molar-refractivity contribution is 0.0750. The van der Waals surface area contributed by atoms with Gasteiger partial charge in [-0.25, -0.2) is 0 Å². The summed E-state index contributed by atoms with van der Waals surface area (Å²) in [7, 11) is -1.85. The summed E-state index contributed by atoms with van der Waals surface area (Å²) in [4.78, 5) is -0.295. The number of benzene rings is 1. The zero-order valence-electron chi connectivity index (χ0n) is 22.0. The lowest BCUT2D eigenvalue weighted by Crippen LogP contribution is -2.39. The number of ether oxygens (including phenoxy) is 2. The molecule has 7 heteroatoms. The minimum absolute atomic E-state index is 0.0306. The molecule has 0 aliphatic heterocycles. The third-order valence-corrected chi connectivity index (χ3v) is 7.09. The van der Waals surface area contributed by atoms with Crippen molar-refractivity contribution in [2.75, 3.05) is 14.2 Å². The lowest BCUT2D eigenvalue weighted by atomic mass is 9.56. The molecule has 0 amide bonds. The number of rotatable bonds is 9. The molecule has 0 saturated carbocycles. The molecule has 0 aliphatic rings. The number of phenolic OH excluding ortho intramolecular Hbond substituents is 1. The highest BCUT2D eigenvalue weighted by Crippen LogP contribution is 2.60. The maximum atomic E-state index is 12.7. The molecule has 0 bridgehead atoms. The predicted octanol–water partition coefficient (Wildman–Crippen LogP) is 6.58. The Morgan fingerprint density at radius 1 is 0.906 bits per heavy atom. The maximum absolute atomic E-state index is 12.7. The van der Waals surface area contributed by atoms with Gasteiger partial charge in [0.1, 0.15) is 4.90 Å². The molecule has 0 heterocycles. The number of hydrogen-bond acceptors (Lipinski definition) is 5. The highest BCUT2D eigenvalue weighted by Gasteiger charge is 2.48. The first kappa shape index (κ1) is 28.6. The molecule has 32 heavy (non-hydrogen) atoms. The Kier molecular flexibility index (Phi) is 8.40. The number of hydrogen-bond donors (Lipinski definition) is 2. The Bertz CT molecular complexity index is 921. The quantitative estimate of drug-likeness (QED) is 0.394. The van der Waals surface area contributed by atoms with E-state index in [0.717, 1.165) is 12.8 Å². The molecule has 1 rings (SSSR count). The van der Waals surface area contributed by atoms with Crippen molar-refractivity contribution in [1.82, 2.24) is 0 Å². The first-order chi connectivity index (χ1) is 14.2. The van der Waals surface area contributed by atoms with Crippen LogP contribution in [-0.2, 0) is 10.1 Å². The van der Waals surface area contributed by atoms with Crippen molar-refractivity contribution in [2.45, 2.75) is 92.9 Å². The minimum Gasteiger partial charge on any atom is -0.504 e. The summed E-state index contributed by atoms with van der Waals surface area (Å²) in [6, 6.07) is 0. The van der Waals surface area contributed by atoms with Crippen LogP contribution in [0.15, 0.2) is 4.90 Å². The van der Waals surface area contributed by atoms with Crippen molar-refractivity contribution in [1.29, 1.82) is 0 Å². The predicted molar refractivity (Wildman–Crippen MR) is 130 cm³/mol. The lowest BCUT2D eigenvalue weighted by Gasteiger charge is -2.49. The molecule has 0 radical (unpaired) electrons. The van der Waals surface area contributed by atoms with Gasteiger partial charge in [-0.3, -0.25) is 4.55 Å². The fraction of sp³-hybridized carbons (Fsp3) is 0.760. The average Bonchev–Trinajstić information content (AvgIpc) is 2.52. The van der Waals surface area contributed by atoms with Gasteiger partial charge in [-0.05, 0) is 47.8 Å². The normalized spacial score (nSPS) is 14.6. The van der Waals surface area contributed by atoms with Crippen molar-refractivity contribution < 1.29 is 27.6 Å². The number of methoxy groups -OCH3 is 2. The topological polar surface area (TPSA) is 93.1 Å². The Balaban J connectivity index is 4.30. The number of aromatic hydroxyl groups is 1. The Hall–Kier alpha value is -1.47. The summed E-state index contributed by atoms with van der Waals surface area (Å²) in [6.45, 7) is 20.7. The summed E-state index contributed by atoms with van der Waals surface area (Å²) in [5, 5.41) is 10.7.